The van der Waals surface area contributed by atoms with Crippen molar-refractivity contribution in [3.05, 3.63) is 88.6 Å². The molecule has 2 aromatic carbocycles. The fraction of sp³-hybridized carbons (Fsp3) is 0.182. The molecule has 1 atom stereocenters. The van der Waals surface area contributed by atoms with E-state index in [0.717, 1.165) is 11.1 Å². The monoisotopic (exact) mass is 393 g/mol. The molecule has 0 spiro atoms. The minimum atomic E-state index is -0.276. The van der Waals surface area contributed by atoms with Gasteiger partial charge in [0.25, 0.3) is 0 Å². The van der Waals surface area contributed by atoms with Crippen molar-refractivity contribution in [2.45, 2.75) is 12.5 Å². The van der Waals surface area contributed by atoms with E-state index < -0.39 is 0 Å². The van der Waals surface area contributed by atoms with Crippen LogP contribution in [0, 0.1) is 17.1 Å². The van der Waals surface area contributed by atoms with Crippen LogP contribution in [0.15, 0.2) is 66.0 Å². The Bertz CT molecular complexity index is 963. The van der Waals surface area contributed by atoms with E-state index in [1.165, 1.54) is 23.5 Å². The second-order valence-corrected chi connectivity index (χ2v) is 7.33. The highest BCUT2D eigenvalue weighted by molar-refractivity contribution is 7.14. The lowest BCUT2D eigenvalue weighted by Crippen LogP contribution is -2.29. The zero-order chi connectivity index (χ0) is 19.9. The van der Waals surface area contributed by atoms with E-state index in [-0.39, 0.29) is 24.2 Å². The number of anilines is 1. The molecule has 142 valence electrons. The Morgan fingerprint density at radius 1 is 1.14 bits per heavy atom. The summed E-state index contributed by atoms with van der Waals surface area (Å²) in [5, 5.41) is 14.2. The maximum absolute atomic E-state index is 13.4. The van der Waals surface area contributed by atoms with Gasteiger partial charge in [0.2, 0.25) is 5.91 Å². The highest BCUT2D eigenvalue weighted by Crippen LogP contribution is 2.28. The maximum Gasteiger partial charge on any atom is 0.226 e. The summed E-state index contributed by atoms with van der Waals surface area (Å²) in [5.74, 6) is -0.418. The molecule has 4 nitrogen and oxygen atoms in total. The van der Waals surface area contributed by atoms with Gasteiger partial charge in [0.1, 0.15) is 16.9 Å². The third-order valence-corrected chi connectivity index (χ3v) is 5.30. The third kappa shape index (κ3) is 4.83. The summed E-state index contributed by atoms with van der Waals surface area (Å²) in [5.41, 5.74) is 2.50. The molecular weight excluding hydrogens is 373 g/mol. The van der Waals surface area contributed by atoms with Gasteiger partial charge in [-0.2, -0.15) is 5.26 Å². The largest absolute Gasteiger partial charge is 0.317 e. The molecule has 3 aromatic rings. The van der Waals surface area contributed by atoms with Crippen LogP contribution in [0.1, 0.15) is 29.2 Å². The van der Waals surface area contributed by atoms with E-state index in [0.29, 0.717) is 17.1 Å². The number of nitrogens with one attached hydrogen (secondary N) is 1. The van der Waals surface area contributed by atoms with Gasteiger partial charge in [-0.05, 0) is 41.8 Å². The molecule has 0 radical (unpaired) electrons. The third-order valence-electron chi connectivity index (χ3n) is 4.47. The number of carbonyl (C=O) groups is 1. The van der Waals surface area contributed by atoms with Crippen molar-refractivity contribution in [3.8, 4) is 6.07 Å². The molecular formula is C22H20FN3OS. The first-order valence-corrected chi connectivity index (χ1v) is 9.74. The fourth-order valence-electron chi connectivity index (χ4n) is 3.07. The van der Waals surface area contributed by atoms with Crippen molar-refractivity contribution in [1.29, 1.82) is 5.26 Å². The summed E-state index contributed by atoms with van der Waals surface area (Å²) in [6, 6.07) is 20.0. The minimum absolute atomic E-state index is 0.0917. The van der Waals surface area contributed by atoms with Crippen molar-refractivity contribution in [2.24, 2.45) is 0 Å². The molecule has 6 heteroatoms. The van der Waals surface area contributed by atoms with E-state index in [1.807, 2.05) is 37.4 Å². The molecule has 1 amide bonds. The Hall–Kier alpha value is -3.01. The van der Waals surface area contributed by atoms with Crippen LogP contribution in [0.5, 0.6) is 0 Å². The predicted molar refractivity (Wildman–Crippen MR) is 110 cm³/mol. The molecule has 1 N–H and O–H groups in total. The summed E-state index contributed by atoms with van der Waals surface area (Å²) in [4.78, 5) is 14.4. The van der Waals surface area contributed by atoms with Crippen molar-refractivity contribution in [2.75, 3.05) is 18.9 Å². The average molecular weight is 393 g/mol. The van der Waals surface area contributed by atoms with Crippen molar-refractivity contribution < 1.29 is 9.18 Å². The molecule has 1 heterocycles. The molecule has 28 heavy (non-hydrogen) atoms. The van der Waals surface area contributed by atoms with Crippen LogP contribution in [0.3, 0.4) is 0 Å². The predicted octanol–water partition coefficient (Wildman–Crippen LogP) is 4.81. The summed E-state index contributed by atoms with van der Waals surface area (Å²) in [7, 11) is 1.94. The molecule has 0 aliphatic carbocycles. The zero-order valence-electron chi connectivity index (χ0n) is 15.4. The number of nitriles is 1. The first-order chi connectivity index (χ1) is 13.6. The number of nitrogens with zero attached hydrogens (tertiary/aromatic N) is 2. The summed E-state index contributed by atoms with van der Waals surface area (Å²) >= 11 is 1.33. The Labute approximate surface area is 167 Å². The molecule has 1 aromatic heterocycles. The minimum Gasteiger partial charge on any atom is -0.317 e. The normalized spacial score (nSPS) is 11.8. The van der Waals surface area contributed by atoms with E-state index >= 15 is 0 Å². The fourth-order valence-corrected chi connectivity index (χ4v) is 3.83. The Balaban J connectivity index is 1.71. The quantitative estimate of drug-likeness (QED) is 0.627. The van der Waals surface area contributed by atoms with Crippen LogP contribution in [0.4, 0.5) is 9.39 Å². The lowest BCUT2D eigenvalue weighted by molar-refractivity contribution is -0.116. The molecule has 1 unspecified atom stereocenters. The van der Waals surface area contributed by atoms with Gasteiger partial charge in [0.15, 0.2) is 0 Å². The second-order valence-electron chi connectivity index (χ2n) is 6.42. The number of thiophene rings is 1. The van der Waals surface area contributed by atoms with Gasteiger partial charge in [-0.1, -0.05) is 42.5 Å². The summed E-state index contributed by atoms with van der Waals surface area (Å²) in [6.07, 6.45) is 0.282. The molecule has 0 aliphatic heterocycles. The Kier molecular flexibility index (Phi) is 6.53. The molecule has 3 rings (SSSR count). The van der Waals surface area contributed by atoms with E-state index in [2.05, 4.69) is 16.3 Å². The van der Waals surface area contributed by atoms with Crippen LogP contribution in [0.25, 0.3) is 0 Å². The van der Waals surface area contributed by atoms with E-state index in [4.69, 9.17) is 5.26 Å². The SMILES string of the molecule is CN(CCC(=O)Nc1sccc1C#N)C(c1ccccc1)c1ccc(F)cc1. The maximum atomic E-state index is 13.4. The average Bonchev–Trinajstić information content (AvgIpc) is 3.16. The van der Waals surface area contributed by atoms with Crippen molar-refractivity contribution in [3.63, 3.8) is 0 Å². The molecule has 0 saturated heterocycles. The number of halogens is 1. The van der Waals surface area contributed by atoms with Gasteiger partial charge in [-0.15, -0.1) is 11.3 Å². The highest BCUT2D eigenvalue weighted by atomic mass is 32.1. The van der Waals surface area contributed by atoms with Crippen molar-refractivity contribution >= 4 is 22.2 Å². The highest BCUT2D eigenvalue weighted by Gasteiger charge is 2.20. The van der Waals surface area contributed by atoms with Crippen LogP contribution in [-0.2, 0) is 4.79 Å². The molecule has 0 saturated carbocycles. The van der Waals surface area contributed by atoms with Gasteiger partial charge < -0.3 is 5.32 Å². The standard InChI is InChI=1S/C22H20FN3OS/c1-26(13-11-20(27)25-22-18(15-24)12-14-28-22)21(16-5-3-2-4-6-16)17-7-9-19(23)10-8-17/h2-10,12,14,21H,11,13H2,1H3,(H,25,27). The number of hydrogen-bond donors (Lipinski definition) is 1. The van der Waals surface area contributed by atoms with Crippen molar-refractivity contribution in [1.82, 2.24) is 4.90 Å². The Morgan fingerprint density at radius 3 is 2.50 bits per heavy atom. The number of carbonyl (C=O) groups excluding carboxylic acids is 1. The van der Waals surface area contributed by atoms with Crippen LogP contribution >= 0.6 is 11.3 Å². The van der Waals surface area contributed by atoms with Gasteiger partial charge in [-0.3, -0.25) is 9.69 Å². The molecule has 0 aliphatic rings. The smallest absolute Gasteiger partial charge is 0.226 e. The summed E-state index contributed by atoms with van der Waals surface area (Å²) in [6.45, 7) is 0.510. The lowest BCUT2D eigenvalue weighted by Gasteiger charge is -2.29. The molecule has 0 fully saturated rings. The Morgan fingerprint density at radius 2 is 1.82 bits per heavy atom. The van der Waals surface area contributed by atoms with Gasteiger partial charge >= 0.3 is 0 Å². The second kappa shape index (κ2) is 9.27. The van der Waals surface area contributed by atoms with Crippen LogP contribution < -0.4 is 5.32 Å². The van der Waals surface area contributed by atoms with Gasteiger partial charge in [0, 0.05) is 13.0 Å². The lowest BCUT2D eigenvalue weighted by atomic mass is 9.97. The zero-order valence-corrected chi connectivity index (χ0v) is 16.2. The first-order valence-electron chi connectivity index (χ1n) is 8.86. The number of benzene rings is 2. The van der Waals surface area contributed by atoms with Crippen LogP contribution in [0.2, 0.25) is 0 Å². The molecule has 0 bridgehead atoms. The topological polar surface area (TPSA) is 56.1 Å². The number of hydrogen-bond acceptors (Lipinski definition) is 4. The van der Waals surface area contributed by atoms with E-state index in [9.17, 15) is 9.18 Å². The van der Waals surface area contributed by atoms with Crippen LogP contribution in [-0.4, -0.2) is 24.4 Å². The number of rotatable bonds is 7. The number of amides is 1. The first kappa shape index (κ1) is 19.7. The van der Waals surface area contributed by atoms with Gasteiger partial charge in [0.05, 0.1) is 11.6 Å². The van der Waals surface area contributed by atoms with Gasteiger partial charge in [-0.25, -0.2) is 4.39 Å². The van der Waals surface area contributed by atoms with E-state index in [1.54, 1.807) is 23.6 Å². The summed E-state index contributed by atoms with van der Waals surface area (Å²) < 4.78 is 13.4.